The molecule has 0 atom stereocenters. The molecule has 1 saturated heterocycles. The number of hydrogen-bond donors (Lipinski definition) is 0. The zero-order chi connectivity index (χ0) is 21.6. The van der Waals surface area contributed by atoms with Crippen LogP contribution in [0.2, 0.25) is 0 Å². The van der Waals surface area contributed by atoms with Crippen molar-refractivity contribution >= 4 is 30.5 Å². The molecule has 2 aromatic rings. The molecule has 0 N–H and O–H groups in total. The number of fused-ring (bicyclic) bond motifs is 2. The van der Waals surface area contributed by atoms with Crippen molar-refractivity contribution in [3.63, 3.8) is 0 Å². The molecule has 182 valence electrons. The molecule has 3 aliphatic rings. The summed E-state index contributed by atoms with van der Waals surface area (Å²) >= 11 is 0. The van der Waals surface area contributed by atoms with E-state index in [-0.39, 0.29) is 37.2 Å². The molecule has 3 nitrogen and oxygen atoms in total. The van der Waals surface area contributed by atoms with E-state index in [4.69, 9.17) is 4.74 Å². The van der Waals surface area contributed by atoms with Gasteiger partial charge in [-0.05, 0) is 67.1 Å². The highest BCUT2D eigenvalue weighted by molar-refractivity contribution is 5.85. The summed E-state index contributed by atoms with van der Waals surface area (Å²) in [7, 11) is 0. The first-order chi connectivity index (χ1) is 14.9. The van der Waals surface area contributed by atoms with Crippen LogP contribution < -0.4 is 4.90 Å². The van der Waals surface area contributed by atoms with Gasteiger partial charge >= 0.3 is 6.18 Å². The molecule has 9 heteroatoms. The number of hydrogen-bond acceptors (Lipinski definition) is 3. The average molecular weight is 507 g/mol. The molecule has 0 aromatic heterocycles. The van der Waals surface area contributed by atoms with Gasteiger partial charge in [0.1, 0.15) is 5.82 Å². The van der Waals surface area contributed by atoms with E-state index < -0.39 is 17.3 Å². The summed E-state index contributed by atoms with van der Waals surface area (Å²) in [4.78, 5) is 4.77. The highest BCUT2D eigenvalue weighted by atomic mass is 35.5. The Bertz CT molecular complexity index is 938. The van der Waals surface area contributed by atoms with Crippen LogP contribution in [0, 0.1) is 5.82 Å². The summed E-state index contributed by atoms with van der Waals surface area (Å²) in [5.74, 6) is -0.225. The molecule has 1 spiro atoms. The van der Waals surface area contributed by atoms with E-state index >= 15 is 0 Å². The fourth-order valence-electron chi connectivity index (χ4n) is 5.57. The number of piperazine rings is 1. The predicted octanol–water partition coefficient (Wildman–Crippen LogP) is 6.18. The quantitative estimate of drug-likeness (QED) is 0.452. The first-order valence-corrected chi connectivity index (χ1v) is 10.9. The third kappa shape index (κ3) is 4.97. The van der Waals surface area contributed by atoms with E-state index in [1.807, 2.05) is 18.2 Å². The van der Waals surface area contributed by atoms with Gasteiger partial charge in [0.25, 0.3) is 0 Å². The van der Waals surface area contributed by atoms with Crippen molar-refractivity contribution in [2.24, 2.45) is 0 Å². The Morgan fingerprint density at radius 3 is 2.12 bits per heavy atom. The minimum atomic E-state index is -4.35. The maximum Gasteiger partial charge on any atom is 0.416 e. The SMILES string of the molecule is Cl.Cl.Fc1ccc(N2CCN(C3CCC4(CC3)OCc3c(C(F)(F)F)cccc34)CC2)cc1. The number of alkyl halides is 3. The van der Waals surface area contributed by atoms with Gasteiger partial charge in [-0.1, -0.05) is 12.1 Å². The highest BCUT2D eigenvalue weighted by Crippen LogP contribution is 2.50. The fraction of sp³-hybridized carbons (Fsp3) is 0.500. The molecular formula is C24H28Cl2F4N2O. The topological polar surface area (TPSA) is 15.7 Å². The number of anilines is 1. The zero-order valence-corrected chi connectivity index (χ0v) is 19.7. The summed E-state index contributed by atoms with van der Waals surface area (Å²) in [6, 6.07) is 11.5. The van der Waals surface area contributed by atoms with Crippen LogP contribution in [0.3, 0.4) is 0 Å². The third-order valence-corrected chi connectivity index (χ3v) is 7.25. The van der Waals surface area contributed by atoms with Crippen molar-refractivity contribution < 1.29 is 22.3 Å². The predicted molar refractivity (Wildman–Crippen MR) is 125 cm³/mol. The largest absolute Gasteiger partial charge is 0.416 e. The van der Waals surface area contributed by atoms with Gasteiger partial charge in [0.2, 0.25) is 0 Å². The lowest BCUT2D eigenvalue weighted by Crippen LogP contribution is -2.52. The minimum Gasteiger partial charge on any atom is -0.369 e. The first kappa shape index (κ1) is 26.1. The second kappa shape index (κ2) is 9.98. The average Bonchev–Trinajstić information content (AvgIpc) is 3.12. The molecule has 2 aliphatic heterocycles. The molecule has 1 saturated carbocycles. The van der Waals surface area contributed by atoms with Crippen molar-refractivity contribution in [1.82, 2.24) is 4.90 Å². The van der Waals surface area contributed by atoms with Gasteiger partial charge in [0.05, 0.1) is 17.8 Å². The first-order valence-electron chi connectivity index (χ1n) is 10.9. The maximum absolute atomic E-state index is 13.4. The Hall–Kier alpha value is -1.54. The van der Waals surface area contributed by atoms with Crippen molar-refractivity contribution in [2.75, 3.05) is 31.1 Å². The third-order valence-electron chi connectivity index (χ3n) is 7.25. The van der Waals surface area contributed by atoms with Gasteiger partial charge < -0.3 is 9.64 Å². The van der Waals surface area contributed by atoms with Crippen LogP contribution in [0.1, 0.15) is 42.4 Å². The molecule has 0 amide bonds. The van der Waals surface area contributed by atoms with Crippen molar-refractivity contribution in [3.05, 3.63) is 65.0 Å². The highest BCUT2D eigenvalue weighted by Gasteiger charge is 2.47. The lowest BCUT2D eigenvalue weighted by Gasteiger charge is -2.45. The summed E-state index contributed by atoms with van der Waals surface area (Å²) in [6.45, 7) is 3.70. The number of halogens is 6. The maximum atomic E-state index is 13.4. The minimum absolute atomic E-state index is 0. The van der Waals surface area contributed by atoms with Crippen LogP contribution in [-0.4, -0.2) is 37.1 Å². The standard InChI is InChI=1S/C24H26F4N2O.2ClH/c25-17-4-6-18(7-5-17)29-12-14-30(15-13-29)19-8-10-23(11-9-19)21-2-1-3-22(24(26,27)28)20(21)16-31-23;;/h1-7,19H,8-16H2;2*1H. The van der Waals surface area contributed by atoms with E-state index in [2.05, 4.69) is 9.80 Å². The molecule has 0 unspecified atom stereocenters. The lowest BCUT2D eigenvalue weighted by atomic mass is 9.76. The Morgan fingerprint density at radius 2 is 1.52 bits per heavy atom. The van der Waals surface area contributed by atoms with Crippen LogP contribution in [0.15, 0.2) is 42.5 Å². The van der Waals surface area contributed by atoms with E-state index in [1.165, 1.54) is 18.2 Å². The smallest absolute Gasteiger partial charge is 0.369 e. The van der Waals surface area contributed by atoms with Crippen molar-refractivity contribution in [3.8, 4) is 0 Å². The van der Waals surface area contributed by atoms with Crippen LogP contribution in [-0.2, 0) is 23.1 Å². The van der Waals surface area contributed by atoms with Gasteiger partial charge in [0.15, 0.2) is 0 Å². The molecule has 2 aromatic carbocycles. The van der Waals surface area contributed by atoms with E-state index in [9.17, 15) is 17.6 Å². The lowest BCUT2D eigenvalue weighted by molar-refractivity contribution is -0.138. The molecule has 0 radical (unpaired) electrons. The summed E-state index contributed by atoms with van der Waals surface area (Å²) in [5, 5.41) is 0. The Kier molecular flexibility index (Phi) is 7.89. The van der Waals surface area contributed by atoms with Crippen LogP contribution in [0.25, 0.3) is 0 Å². The van der Waals surface area contributed by atoms with Gasteiger partial charge in [-0.2, -0.15) is 13.2 Å². The molecule has 2 fully saturated rings. The van der Waals surface area contributed by atoms with Gasteiger partial charge in [-0.3, -0.25) is 4.90 Å². The van der Waals surface area contributed by atoms with Crippen LogP contribution in [0.4, 0.5) is 23.2 Å². The molecule has 33 heavy (non-hydrogen) atoms. The van der Waals surface area contributed by atoms with Gasteiger partial charge in [-0.25, -0.2) is 4.39 Å². The van der Waals surface area contributed by atoms with Crippen LogP contribution >= 0.6 is 24.8 Å². The Balaban J connectivity index is 0.00000153. The normalized spacial score (nSPS) is 25.3. The number of benzene rings is 2. The van der Waals surface area contributed by atoms with Crippen LogP contribution in [0.5, 0.6) is 0 Å². The molecule has 2 heterocycles. The number of ether oxygens (including phenoxy) is 1. The second-order valence-corrected chi connectivity index (χ2v) is 8.84. The van der Waals surface area contributed by atoms with E-state index in [0.29, 0.717) is 11.6 Å². The number of rotatable bonds is 2. The Labute approximate surface area is 203 Å². The molecule has 5 rings (SSSR count). The Morgan fingerprint density at radius 1 is 0.879 bits per heavy atom. The number of nitrogens with zero attached hydrogens (tertiary/aromatic N) is 2. The van der Waals surface area contributed by atoms with Gasteiger partial charge in [0, 0.05) is 37.9 Å². The van der Waals surface area contributed by atoms with Crippen molar-refractivity contribution in [1.29, 1.82) is 0 Å². The summed E-state index contributed by atoms with van der Waals surface area (Å²) in [6.07, 6.45) is -0.992. The van der Waals surface area contributed by atoms with E-state index in [1.54, 1.807) is 0 Å². The fourth-order valence-corrected chi connectivity index (χ4v) is 5.57. The molecule has 1 aliphatic carbocycles. The van der Waals surface area contributed by atoms with Gasteiger partial charge in [-0.15, -0.1) is 24.8 Å². The zero-order valence-electron chi connectivity index (χ0n) is 18.1. The monoisotopic (exact) mass is 506 g/mol. The second-order valence-electron chi connectivity index (χ2n) is 8.84. The summed E-state index contributed by atoms with van der Waals surface area (Å²) < 4.78 is 59.4. The van der Waals surface area contributed by atoms with Crippen molar-refractivity contribution in [2.45, 2.75) is 50.1 Å². The summed E-state index contributed by atoms with van der Waals surface area (Å²) in [5.41, 5.74) is 0.979. The molecular weight excluding hydrogens is 479 g/mol. The molecule has 0 bridgehead atoms. The van der Waals surface area contributed by atoms with E-state index in [0.717, 1.165) is 69.2 Å².